The topological polar surface area (TPSA) is 0 Å². The van der Waals surface area contributed by atoms with E-state index in [2.05, 4.69) is 55.7 Å². The molecule has 0 bridgehead atoms. The molecule has 0 saturated heterocycles. The van der Waals surface area contributed by atoms with Crippen LogP contribution in [0.1, 0.15) is 0 Å². The molecule has 2 atom stereocenters. The summed E-state index contributed by atoms with van der Waals surface area (Å²) in [6, 6.07) is 0. The molecule has 0 nitrogen and oxygen atoms in total. The van der Waals surface area contributed by atoms with E-state index in [4.69, 9.17) is 0 Å². The van der Waals surface area contributed by atoms with Crippen LogP contribution in [0.4, 0.5) is 0 Å². The highest BCUT2D eigenvalue weighted by Crippen LogP contribution is 2.67. The Morgan fingerprint density at radius 2 is 1.57 bits per heavy atom. The lowest BCUT2D eigenvalue weighted by Gasteiger charge is -1.94. The van der Waals surface area contributed by atoms with Crippen LogP contribution in [0, 0.1) is 0 Å². The van der Waals surface area contributed by atoms with Gasteiger partial charge in [-0.05, 0) is 66.8 Å². The van der Waals surface area contributed by atoms with Crippen LogP contribution in [-0.2, 0) is 0 Å². The average Bonchev–Trinajstić information content (AvgIpc) is 1.87. The molecule has 40 valence electrons. The smallest absolute Gasteiger partial charge is 0.0131 e. The molecule has 2 unspecified atom stereocenters. The lowest BCUT2D eigenvalue weighted by atomic mass is 11.3. The minimum Gasteiger partial charge on any atom is -0.0490 e. The molecule has 0 N–H and O–H groups in total. The maximum Gasteiger partial charge on any atom is 0.0131 e. The Labute approximate surface area is 72.0 Å². The number of rotatable bonds is 0. The van der Waals surface area contributed by atoms with Gasteiger partial charge in [0.1, 0.15) is 0 Å². The summed E-state index contributed by atoms with van der Waals surface area (Å²) in [5, 5.41) is 0. The zero-order valence-corrected chi connectivity index (χ0v) is 9.62. The van der Waals surface area contributed by atoms with E-state index >= 15 is 0 Å². The van der Waals surface area contributed by atoms with E-state index in [-0.39, 0.29) is 0 Å². The van der Waals surface area contributed by atoms with Gasteiger partial charge in [-0.25, -0.2) is 0 Å². The number of halogens is 2. The Morgan fingerprint density at radius 3 is 1.71 bits per heavy atom. The van der Waals surface area contributed by atoms with Gasteiger partial charge in [0.05, 0.1) is 0 Å². The quantitative estimate of drug-likeness (QED) is 0.453. The van der Waals surface area contributed by atoms with Crippen molar-refractivity contribution in [2.75, 3.05) is 5.90 Å². The van der Waals surface area contributed by atoms with Crippen LogP contribution < -0.4 is 0 Å². The van der Waals surface area contributed by atoms with Crippen molar-refractivity contribution in [2.45, 2.75) is 0 Å². The lowest BCUT2D eigenvalue weighted by Crippen LogP contribution is -1.51. The normalized spacial score (nSPS) is 39.7. The fraction of sp³-hybridized carbons (Fsp3) is 0.333. The van der Waals surface area contributed by atoms with E-state index in [0.717, 1.165) is 0 Å². The van der Waals surface area contributed by atoms with Crippen molar-refractivity contribution in [3.63, 3.8) is 0 Å². The molecule has 0 saturated carbocycles. The fourth-order valence-electron chi connectivity index (χ4n) is 0.368. The summed E-state index contributed by atoms with van der Waals surface area (Å²) >= 11 is 5.07. The minimum absolute atomic E-state index is 0.306. The van der Waals surface area contributed by atoms with Gasteiger partial charge in [-0.2, -0.15) is 0 Å². The summed E-state index contributed by atoms with van der Waals surface area (Å²) in [5.41, 5.74) is 0.613. The minimum atomic E-state index is 0.306. The largest absolute Gasteiger partial charge is 0.0490 e. The van der Waals surface area contributed by atoms with Crippen molar-refractivity contribution in [3.05, 3.63) is 11.6 Å². The fourth-order valence-corrected chi connectivity index (χ4v) is 17.1. The van der Waals surface area contributed by atoms with Gasteiger partial charge in [0.2, 0.25) is 0 Å². The van der Waals surface area contributed by atoms with Gasteiger partial charge in [0.25, 0.3) is 0 Å². The number of hydrogen-bond acceptors (Lipinski definition) is 0. The van der Waals surface area contributed by atoms with E-state index in [1.807, 2.05) is 0 Å². The van der Waals surface area contributed by atoms with Crippen molar-refractivity contribution < 1.29 is 0 Å². The third-order valence-corrected chi connectivity index (χ3v) is 11.4. The lowest BCUT2D eigenvalue weighted by molar-refractivity contribution is 2.26. The molecular formula is C3H4I2P2. The molecule has 0 aromatic carbocycles. The molecule has 0 radical (unpaired) electrons. The van der Waals surface area contributed by atoms with Crippen LogP contribution in [0.3, 0.4) is 0 Å². The van der Waals surface area contributed by atoms with Gasteiger partial charge >= 0.3 is 0 Å². The monoisotopic (exact) mass is 356 g/mol. The molecule has 0 spiro atoms. The van der Waals surface area contributed by atoms with Gasteiger partial charge in [0, 0.05) is 5.90 Å². The molecule has 1 rings (SSSR count). The molecule has 4 heteroatoms. The second-order valence-corrected chi connectivity index (χ2v) is 12.0. The third-order valence-electron chi connectivity index (χ3n) is 0.660. The van der Waals surface area contributed by atoms with Crippen LogP contribution in [0.15, 0.2) is 11.6 Å². The van der Waals surface area contributed by atoms with E-state index in [1.165, 1.54) is 5.90 Å². The predicted molar refractivity (Wildman–Crippen MR) is 55.9 cm³/mol. The Morgan fingerprint density at radius 1 is 1.14 bits per heavy atom. The standard InChI is InChI=1S/C3H4I2P2/c4-6-1-2-7(5)3-6/h1-2H,3H2. The third kappa shape index (κ3) is 2.42. The highest BCUT2D eigenvalue weighted by atomic mass is 127. The van der Waals surface area contributed by atoms with Crippen LogP contribution in [-0.4, -0.2) is 5.90 Å². The Kier molecular flexibility index (Phi) is 3.36. The van der Waals surface area contributed by atoms with Crippen LogP contribution in [0.2, 0.25) is 0 Å². The molecule has 0 fully saturated rings. The zero-order chi connectivity index (χ0) is 5.28. The highest BCUT2D eigenvalue weighted by Gasteiger charge is 2.11. The summed E-state index contributed by atoms with van der Waals surface area (Å²) in [6.45, 7) is 0. The van der Waals surface area contributed by atoms with E-state index < -0.39 is 0 Å². The van der Waals surface area contributed by atoms with Crippen LogP contribution in [0.25, 0.3) is 0 Å². The molecule has 1 heterocycles. The van der Waals surface area contributed by atoms with Crippen LogP contribution in [0.5, 0.6) is 0 Å². The molecular weight excluding hydrogens is 352 g/mol. The first-order chi connectivity index (χ1) is 3.29. The summed E-state index contributed by atoms with van der Waals surface area (Å²) in [7, 11) is 0. The van der Waals surface area contributed by atoms with E-state index in [1.54, 1.807) is 0 Å². The molecule has 0 aliphatic carbocycles. The molecule has 1 aliphatic rings. The first kappa shape index (κ1) is 7.17. The summed E-state index contributed by atoms with van der Waals surface area (Å²) < 4.78 is 0. The first-order valence-electron chi connectivity index (χ1n) is 1.82. The maximum atomic E-state index is 2.54. The van der Waals surface area contributed by atoms with Crippen molar-refractivity contribution >= 4 is 55.2 Å². The second kappa shape index (κ2) is 3.28. The van der Waals surface area contributed by atoms with Gasteiger partial charge < -0.3 is 0 Å². The van der Waals surface area contributed by atoms with Crippen molar-refractivity contribution in [2.24, 2.45) is 0 Å². The SMILES string of the molecule is IP1C=CP(I)C1. The van der Waals surface area contributed by atoms with E-state index in [0.29, 0.717) is 11.1 Å². The van der Waals surface area contributed by atoms with Gasteiger partial charge in [-0.15, -0.1) is 0 Å². The summed E-state index contributed by atoms with van der Waals surface area (Å²) in [6.07, 6.45) is 0. The van der Waals surface area contributed by atoms with Gasteiger partial charge in [-0.1, -0.05) is 0 Å². The predicted octanol–water partition coefficient (Wildman–Crippen LogP) is 4.09. The van der Waals surface area contributed by atoms with Crippen LogP contribution >= 0.6 is 55.2 Å². The second-order valence-electron chi connectivity index (χ2n) is 1.24. The summed E-state index contributed by atoms with van der Waals surface area (Å²) in [4.78, 5) is 0. The molecule has 0 amide bonds. The maximum absolute atomic E-state index is 2.54. The first-order valence-corrected chi connectivity index (χ1v) is 10.6. The van der Waals surface area contributed by atoms with Gasteiger partial charge in [0.15, 0.2) is 0 Å². The molecule has 0 aromatic rings. The zero-order valence-electron chi connectivity index (χ0n) is 3.51. The highest BCUT2D eigenvalue weighted by molar-refractivity contribution is 14.2. The Hall–Kier alpha value is 2.06. The van der Waals surface area contributed by atoms with Crippen molar-refractivity contribution in [3.8, 4) is 0 Å². The van der Waals surface area contributed by atoms with Crippen molar-refractivity contribution in [1.29, 1.82) is 0 Å². The van der Waals surface area contributed by atoms with Crippen molar-refractivity contribution in [1.82, 2.24) is 0 Å². The average molecular weight is 356 g/mol. The molecule has 7 heavy (non-hydrogen) atoms. The molecule has 1 aliphatic heterocycles. The Bertz CT molecular complexity index is 82.9. The van der Waals surface area contributed by atoms with Gasteiger partial charge in [-0.3, -0.25) is 0 Å². The number of hydrogen-bond donors (Lipinski definition) is 0. The summed E-state index contributed by atoms with van der Waals surface area (Å²) in [5.74, 6) is 6.20. The molecule has 0 aromatic heterocycles. The Balaban J connectivity index is 2.42. The van der Waals surface area contributed by atoms with E-state index in [9.17, 15) is 0 Å².